The Morgan fingerprint density at radius 2 is 1.81 bits per heavy atom. The van der Waals surface area contributed by atoms with Gasteiger partial charge in [0.1, 0.15) is 23.4 Å². The Bertz CT molecular complexity index is 1200. The number of ether oxygens (including phenoxy) is 1. The molecule has 194 valence electrons. The van der Waals surface area contributed by atoms with E-state index in [0.29, 0.717) is 47.2 Å². The van der Waals surface area contributed by atoms with Crippen LogP contribution >= 0.6 is 0 Å². The van der Waals surface area contributed by atoms with Gasteiger partial charge in [-0.15, -0.1) is 0 Å². The maximum absolute atomic E-state index is 13.6. The third kappa shape index (κ3) is 3.24. The zero-order valence-corrected chi connectivity index (χ0v) is 21.4. The first-order valence-corrected chi connectivity index (χ1v) is 14.2. The van der Waals surface area contributed by atoms with E-state index in [0.717, 1.165) is 38.0 Å². The standard InChI is InChI=1S/C29H38FN3O3/c1-3-36-27-26-20-6-5-19-17(18(20)11-13-29(26,27)35)10-12-28(2)21(19)7-8-22(28)25(34)15-33-31-23-9-4-16(30)14-24(23)32-33/h4,9,14,17-22,26-27,35H,3,5-8,10-13,15H2,1-2H3/t17-,18-,19-,20-,21+,22-,26?,27?,28+,29-/m1/s1. The largest absolute Gasteiger partial charge is 0.387 e. The molecule has 1 aromatic carbocycles. The predicted molar refractivity (Wildman–Crippen MR) is 132 cm³/mol. The van der Waals surface area contributed by atoms with Crippen LogP contribution in [0.15, 0.2) is 18.2 Å². The summed E-state index contributed by atoms with van der Waals surface area (Å²) in [5, 5.41) is 19.9. The number of rotatable bonds is 5. The summed E-state index contributed by atoms with van der Waals surface area (Å²) >= 11 is 0. The average Bonchev–Trinajstić information content (AvgIpc) is 3.12. The number of carbonyl (C=O) groups excluding carboxylic acids is 1. The molecule has 0 bridgehead atoms. The van der Waals surface area contributed by atoms with Crippen LogP contribution in [0.1, 0.15) is 65.2 Å². The number of fused-ring (bicyclic) bond motifs is 8. The van der Waals surface area contributed by atoms with Crippen LogP contribution < -0.4 is 0 Å². The molecule has 0 saturated heterocycles. The molecule has 5 saturated carbocycles. The topological polar surface area (TPSA) is 77.2 Å². The molecule has 5 aliphatic carbocycles. The summed E-state index contributed by atoms with van der Waals surface area (Å²) in [4.78, 5) is 15.0. The fourth-order valence-corrected chi connectivity index (χ4v) is 9.99. The lowest BCUT2D eigenvalue weighted by atomic mass is 9.49. The molecule has 2 aromatic rings. The van der Waals surface area contributed by atoms with Crippen LogP contribution in [0.3, 0.4) is 0 Å². The first-order chi connectivity index (χ1) is 17.3. The van der Waals surface area contributed by atoms with Crippen molar-refractivity contribution in [1.82, 2.24) is 15.0 Å². The lowest BCUT2D eigenvalue weighted by Gasteiger charge is -2.55. The van der Waals surface area contributed by atoms with Crippen LogP contribution in [0, 0.1) is 52.7 Å². The van der Waals surface area contributed by atoms with Crippen molar-refractivity contribution in [1.29, 1.82) is 0 Å². The van der Waals surface area contributed by atoms with Gasteiger partial charge in [0.15, 0.2) is 5.78 Å². The highest BCUT2D eigenvalue weighted by Crippen LogP contribution is 2.69. The van der Waals surface area contributed by atoms with Gasteiger partial charge in [0.2, 0.25) is 0 Å². The molecule has 1 N–H and O–H groups in total. The molecule has 1 aromatic heterocycles. The van der Waals surface area contributed by atoms with Crippen molar-refractivity contribution in [2.45, 2.75) is 83.5 Å². The first kappa shape index (κ1) is 23.3. The normalized spacial score (nSPS) is 45.0. The van der Waals surface area contributed by atoms with Gasteiger partial charge in [-0.1, -0.05) is 6.92 Å². The minimum Gasteiger partial charge on any atom is -0.387 e. The quantitative estimate of drug-likeness (QED) is 0.646. The van der Waals surface area contributed by atoms with Crippen molar-refractivity contribution in [3.8, 4) is 0 Å². The summed E-state index contributed by atoms with van der Waals surface area (Å²) in [7, 11) is 0. The summed E-state index contributed by atoms with van der Waals surface area (Å²) in [5.41, 5.74) is 0.609. The Kier molecular flexibility index (Phi) is 5.22. The Morgan fingerprint density at radius 1 is 1.06 bits per heavy atom. The number of halogens is 1. The zero-order chi connectivity index (χ0) is 24.8. The molecule has 10 atom stereocenters. The molecule has 5 fully saturated rings. The van der Waals surface area contributed by atoms with Crippen LogP contribution in [-0.2, 0) is 16.1 Å². The van der Waals surface area contributed by atoms with Gasteiger partial charge in [-0.25, -0.2) is 4.39 Å². The van der Waals surface area contributed by atoms with Gasteiger partial charge in [0, 0.05) is 24.5 Å². The van der Waals surface area contributed by atoms with E-state index in [1.165, 1.54) is 36.2 Å². The average molecular weight is 496 g/mol. The van der Waals surface area contributed by atoms with Crippen LogP contribution in [-0.4, -0.2) is 44.2 Å². The third-order valence-electron chi connectivity index (χ3n) is 11.5. The van der Waals surface area contributed by atoms with Crippen molar-refractivity contribution < 1.29 is 19.0 Å². The number of nitrogens with zero attached hydrogens (tertiary/aromatic N) is 3. The molecule has 5 aliphatic rings. The summed E-state index contributed by atoms with van der Waals surface area (Å²) in [6.07, 6.45) is 8.93. The summed E-state index contributed by atoms with van der Waals surface area (Å²) in [6.45, 7) is 5.26. The molecule has 7 heteroatoms. The van der Waals surface area contributed by atoms with Gasteiger partial charge in [-0.2, -0.15) is 15.0 Å². The fourth-order valence-electron chi connectivity index (χ4n) is 9.99. The Hall–Kier alpha value is -1.86. The second kappa shape index (κ2) is 8.07. The maximum Gasteiger partial charge on any atom is 0.159 e. The van der Waals surface area contributed by atoms with Crippen LogP contribution in [0.5, 0.6) is 0 Å². The minimum atomic E-state index is -0.560. The molecule has 0 spiro atoms. The maximum atomic E-state index is 13.6. The molecule has 6 nitrogen and oxygen atoms in total. The number of carbonyl (C=O) groups is 1. The number of hydrogen-bond donors (Lipinski definition) is 1. The van der Waals surface area contributed by atoms with E-state index < -0.39 is 5.60 Å². The van der Waals surface area contributed by atoms with Gasteiger partial charge in [0.25, 0.3) is 0 Å². The first-order valence-electron chi connectivity index (χ1n) is 14.2. The summed E-state index contributed by atoms with van der Waals surface area (Å²) in [5.74, 6) is 3.64. The second-order valence-corrected chi connectivity index (χ2v) is 12.8. The van der Waals surface area contributed by atoms with Crippen LogP contribution in [0.2, 0.25) is 0 Å². The fraction of sp³-hybridized carbons (Fsp3) is 0.759. The van der Waals surface area contributed by atoms with E-state index in [9.17, 15) is 14.3 Å². The number of aromatic nitrogens is 3. The highest BCUT2D eigenvalue weighted by atomic mass is 19.1. The Balaban J connectivity index is 1.07. The molecule has 36 heavy (non-hydrogen) atoms. The van der Waals surface area contributed by atoms with E-state index in [1.54, 1.807) is 6.07 Å². The molecule has 0 aliphatic heterocycles. The number of aliphatic hydroxyl groups is 1. The smallest absolute Gasteiger partial charge is 0.159 e. The third-order valence-corrected chi connectivity index (χ3v) is 11.5. The zero-order valence-electron chi connectivity index (χ0n) is 21.4. The number of benzene rings is 1. The van der Waals surface area contributed by atoms with E-state index in [1.807, 2.05) is 6.92 Å². The molecule has 2 unspecified atom stereocenters. The molecule has 0 amide bonds. The van der Waals surface area contributed by atoms with Gasteiger partial charge < -0.3 is 9.84 Å². The van der Waals surface area contributed by atoms with E-state index in [-0.39, 0.29) is 35.6 Å². The predicted octanol–water partition coefficient (Wildman–Crippen LogP) is 4.78. The number of Topliss-reactive ketones (excluding diaryl/α,β-unsaturated/α-hetero) is 1. The van der Waals surface area contributed by atoms with Crippen LogP contribution in [0.4, 0.5) is 4.39 Å². The SMILES string of the molecule is CCOC1C2[C@@H]3CC[C@@H]4[C@H](CC[C@]5(C)[C@@H](C(=O)Cn6nc7ccc(F)cc7n6)CC[C@@H]45)[C@H]3CC[C@]12O. The van der Waals surface area contributed by atoms with Crippen molar-refractivity contribution in [2.75, 3.05) is 6.61 Å². The number of ketones is 1. The number of hydrogen-bond acceptors (Lipinski definition) is 5. The monoisotopic (exact) mass is 495 g/mol. The lowest BCUT2D eigenvalue weighted by molar-refractivity contribution is -0.132. The Labute approximate surface area is 212 Å². The van der Waals surface area contributed by atoms with Crippen molar-refractivity contribution in [3.63, 3.8) is 0 Å². The van der Waals surface area contributed by atoms with Crippen molar-refractivity contribution in [2.24, 2.45) is 46.8 Å². The van der Waals surface area contributed by atoms with E-state index in [4.69, 9.17) is 4.74 Å². The summed E-state index contributed by atoms with van der Waals surface area (Å²) in [6, 6.07) is 4.37. The molecular formula is C29H38FN3O3. The molecular weight excluding hydrogens is 457 g/mol. The highest BCUT2D eigenvalue weighted by Gasteiger charge is 2.72. The van der Waals surface area contributed by atoms with E-state index in [2.05, 4.69) is 17.1 Å². The molecule has 0 radical (unpaired) electrons. The van der Waals surface area contributed by atoms with Gasteiger partial charge >= 0.3 is 0 Å². The molecule has 7 rings (SSSR count). The second-order valence-electron chi connectivity index (χ2n) is 12.8. The highest BCUT2D eigenvalue weighted by molar-refractivity contribution is 5.82. The Morgan fingerprint density at radius 3 is 2.64 bits per heavy atom. The van der Waals surface area contributed by atoms with E-state index >= 15 is 0 Å². The van der Waals surface area contributed by atoms with Gasteiger partial charge in [-0.3, -0.25) is 4.79 Å². The van der Waals surface area contributed by atoms with Gasteiger partial charge in [0.05, 0.1) is 11.7 Å². The lowest BCUT2D eigenvalue weighted by Crippen LogP contribution is -2.50. The van der Waals surface area contributed by atoms with Crippen molar-refractivity contribution >= 4 is 16.8 Å². The minimum absolute atomic E-state index is 0.0482. The van der Waals surface area contributed by atoms with Gasteiger partial charge in [-0.05, 0) is 105 Å². The summed E-state index contributed by atoms with van der Waals surface area (Å²) < 4.78 is 19.5. The van der Waals surface area contributed by atoms with Crippen LogP contribution in [0.25, 0.3) is 11.0 Å². The molecule has 1 heterocycles. The van der Waals surface area contributed by atoms with Crippen molar-refractivity contribution in [3.05, 3.63) is 24.0 Å².